The minimum absolute atomic E-state index is 0.156. The Hall–Kier alpha value is -4.74. The summed E-state index contributed by atoms with van der Waals surface area (Å²) < 4.78 is 38.4. The van der Waals surface area contributed by atoms with Crippen LogP contribution in [0.4, 0.5) is 24.5 Å². The Balaban J connectivity index is 1.45. The third-order valence-corrected chi connectivity index (χ3v) is 4.74. The van der Waals surface area contributed by atoms with E-state index in [0.717, 1.165) is 23.1 Å². The van der Waals surface area contributed by atoms with Crippen molar-refractivity contribution >= 4 is 34.4 Å². The fourth-order valence-corrected chi connectivity index (χ4v) is 3.08. The van der Waals surface area contributed by atoms with Crippen LogP contribution in [0.1, 0.15) is 11.3 Å². The fourth-order valence-electron chi connectivity index (χ4n) is 3.08. The number of hydrogen-bond donors (Lipinski definition) is 2. The average molecular weight is 469 g/mol. The first kappa shape index (κ1) is 22.5. The minimum atomic E-state index is -4.54. The SMILES string of the molecule is O=C(C=Cc1ccc(C(F)(F)F)nc1)Nc1ccc(-c2nc3ccc([N+](=O)[O-])cc3n2O)cc1. The first-order valence-corrected chi connectivity index (χ1v) is 9.61. The van der Waals surface area contributed by atoms with Gasteiger partial charge < -0.3 is 10.5 Å². The van der Waals surface area contributed by atoms with Crippen LogP contribution in [0.5, 0.6) is 0 Å². The molecule has 0 atom stereocenters. The van der Waals surface area contributed by atoms with Gasteiger partial charge in [-0.05, 0) is 48.0 Å². The van der Waals surface area contributed by atoms with Gasteiger partial charge in [-0.2, -0.15) is 17.9 Å². The Morgan fingerprint density at radius 2 is 1.85 bits per heavy atom. The Labute approximate surface area is 188 Å². The van der Waals surface area contributed by atoms with E-state index in [2.05, 4.69) is 15.3 Å². The second kappa shape index (κ2) is 8.65. The highest BCUT2D eigenvalue weighted by atomic mass is 19.4. The lowest BCUT2D eigenvalue weighted by atomic mass is 10.2. The van der Waals surface area contributed by atoms with E-state index in [9.17, 15) is 33.3 Å². The Morgan fingerprint density at radius 3 is 2.47 bits per heavy atom. The highest BCUT2D eigenvalue weighted by Crippen LogP contribution is 2.28. The number of carbonyl (C=O) groups is 1. The summed E-state index contributed by atoms with van der Waals surface area (Å²) in [6, 6.07) is 12.2. The summed E-state index contributed by atoms with van der Waals surface area (Å²) in [6.45, 7) is 0. The first-order chi connectivity index (χ1) is 16.1. The van der Waals surface area contributed by atoms with Crippen molar-refractivity contribution in [3.05, 3.63) is 88.2 Å². The molecule has 2 N–H and O–H groups in total. The van der Waals surface area contributed by atoms with Gasteiger partial charge in [0, 0.05) is 35.7 Å². The van der Waals surface area contributed by atoms with Crippen LogP contribution in [0.2, 0.25) is 0 Å². The van der Waals surface area contributed by atoms with Crippen LogP contribution in [0.25, 0.3) is 28.5 Å². The van der Waals surface area contributed by atoms with Crippen LogP contribution < -0.4 is 5.32 Å². The number of amides is 1. The van der Waals surface area contributed by atoms with Gasteiger partial charge in [-0.15, -0.1) is 0 Å². The van der Waals surface area contributed by atoms with E-state index in [0.29, 0.717) is 22.3 Å². The Kier molecular flexibility index (Phi) is 5.72. The summed E-state index contributed by atoms with van der Waals surface area (Å²) in [7, 11) is 0. The summed E-state index contributed by atoms with van der Waals surface area (Å²) in [6.07, 6.45) is -1.05. The minimum Gasteiger partial charge on any atom is -0.426 e. The van der Waals surface area contributed by atoms with Crippen molar-refractivity contribution in [2.75, 3.05) is 5.32 Å². The van der Waals surface area contributed by atoms with Gasteiger partial charge in [0.2, 0.25) is 5.91 Å². The second-order valence-corrected chi connectivity index (χ2v) is 7.05. The number of aromatic nitrogens is 3. The molecule has 0 aliphatic carbocycles. The molecule has 0 radical (unpaired) electrons. The number of pyridine rings is 1. The number of alkyl halides is 3. The highest BCUT2D eigenvalue weighted by molar-refractivity contribution is 6.02. The quantitative estimate of drug-likeness (QED) is 0.185. The molecule has 0 fully saturated rings. The van der Waals surface area contributed by atoms with Crippen molar-refractivity contribution in [2.45, 2.75) is 6.18 Å². The molecular weight excluding hydrogens is 455 g/mol. The summed E-state index contributed by atoms with van der Waals surface area (Å²) >= 11 is 0. The number of nitro groups is 1. The summed E-state index contributed by atoms with van der Waals surface area (Å²) in [5.74, 6) is -0.363. The van der Waals surface area contributed by atoms with E-state index in [4.69, 9.17) is 0 Å². The van der Waals surface area contributed by atoms with Crippen molar-refractivity contribution in [3.63, 3.8) is 0 Å². The van der Waals surface area contributed by atoms with Crippen LogP contribution in [0.3, 0.4) is 0 Å². The number of anilines is 1. The molecule has 0 aliphatic rings. The Bertz CT molecular complexity index is 1410. The number of halogens is 3. The Morgan fingerprint density at radius 1 is 1.12 bits per heavy atom. The molecular formula is C22H14F3N5O4. The smallest absolute Gasteiger partial charge is 0.426 e. The van der Waals surface area contributed by atoms with Crippen molar-refractivity contribution in [3.8, 4) is 11.4 Å². The van der Waals surface area contributed by atoms with Crippen molar-refractivity contribution in [1.82, 2.24) is 14.7 Å². The predicted molar refractivity (Wildman–Crippen MR) is 116 cm³/mol. The van der Waals surface area contributed by atoms with Gasteiger partial charge in [-0.25, -0.2) is 4.98 Å². The number of carbonyl (C=O) groups excluding carboxylic acids is 1. The van der Waals surface area contributed by atoms with Gasteiger partial charge in [-0.3, -0.25) is 19.9 Å². The van der Waals surface area contributed by atoms with Gasteiger partial charge in [0.1, 0.15) is 11.2 Å². The number of rotatable bonds is 5. The lowest BCUT2D eigenvalue weighted by molar-refractivity contribution is -0.384. The van der Waals surface area contributed by atoms with Gasteiger partial charge in [0.05, 0.1) is 10.4 Å². The maximum atomic E-state index is 12.5. The largest absolute Gasteiger partial charge is 0.433 e. The van der Waals surface area contributed by atoms with Gasteiger partial charge in [0.25, 0.3) is 5.69 Å². The number of imidazole rings is 1. The number of nitrogens with one attached hydrogen (secondary N) is 1. The second-order valence-electron chi connectivity index (χ2n) is 7.05. The zero-order chi connectivity index (χ0) is 24.5. The molecule has 9 nitrogen and oxygen atoms in total. The maximum absolute atomic E-state index is 12.5. The molecule has 4 rings (SSSR count). The van der Waals surface area contributed by atoms with Crippen LogP contribution in [0, 0.1) is 10.1 Å². The molecule has 0 saturated heterocycles. The van der Waals surface area contributed by atoms with Gasteiger partial charge in [0.15, 0.2) is 5.82 Å². The molecule has 0 saturated carbocycles. The van der Waals surface area contributed by atoms with E-state index < -0.39 is 22.7 Å². The molecule has 34 heavy (non-hydrogen) atoms. The molecule has 2 aromatic carbocycles. The third kappa shape index (κ3) is 4.70. The normalized spacial score (nSPS) is 11.7. The first-order valence-electron chi connectivity index (χ1n) is 9.61. The third-order valence-electron chi connectivity index (χ3n) is 4.74. The molecule has 12 heteroatoms. The van der Waals surface area contributed by atoms with Crippen LogP contribution in [0.15, 0.2) is 66.9 Å². The fraction of sp³-hybridized carbons (Fsp3) is 0.0455. The van der Waals surface area contributed by atoms with Crippen molar-refractivity contribution < 1.29 is 28.1 Å². The van der Waals surface area contributed by atoms with Crippen LogP contribution in [-0.4, -0.2) is 30.7 Å². The predicted octanol–water partition coefficient (Wildman–Crippen LogP) is 4.91. The highest BCUT2D eigenvalue weighted by Gasteiger charge is 2.31. The standard InChI is InChI=1S/C22H14F3N5O4/c23-22(24,25)19-9-1-13(12-26-19)2-10-20(31)27-15-5-3-14(4-6-15)21-28-17-8-7-16(30(33)34)11-18(17)29(21)32/h1-12,32H,(H,27,31). The topological polar surface area (TPSA) is 123 Å². The summed E-state index contributed by atoms with van der Waals surface area (Å²) in [5, 5.41) is 23.9. The molecule has 172 valence electrons. The van der Waals surface area contributed by atoms with E-state index in [-0.39, 0.29) is 17.0 Å². The van der Waals surface area contributed by atoms with E-state index in [1.165, 1.54) is 30.3 Å². The van der Waals surface area contributed by atoms with Gasteiger partial charge >= 0.3 is 6.18 Å². The summed E-state index contributed by atoms with van der Waals surface area (Å²) in [5.41, 5.74) is 0.551. The monoisotopic (exact) mass is 469 g/mol. The average Bonchev–Trinajstić information content (AvgIpc) is 3.13. The van der Waals surface area contributed by atoms with E-state index in [1.54, 1.807) is 24.3 Å². The molecule has 2 aromatic heterocycles. The molecule has 0 spiro atoms. The van der Waals surface area contributed by atoms with Crippen LogP contribution >= 0.6 is 0 Å². The van der Waals surface area contributed by atoms with Gasteiger partial charge in [-0.1, -0.05) is 6.07 Å². The summed E-state index contributed by atoms with van der Waals surface area (Å²) in [4.78, 5) is 30.1. The molecule has 0 unspecified atom stereocenters. The number of hydrogen-bond acceptors (Lipinski definition) is 6. The lowest BCUT2D eigenvalue weighted by Gasteiger charge is -2.05. The van der Waals surface area contributed by atoms with E-state index >= 15 is 0 Å². The number of fused-ring (bicyclic) bond motifs is 1. The van der Waals surface area contributed by atoms with Crippen molar-refractivity contribution in [1.29, 1.82) is 0 Å². The zero-order valence-corrected chi connectivity index (χ0v) is 17.0. The number of benzene rings is 2. The number of nitrogens with zero attached hydrogens (tertiary/aromatic N) is 4. The zero-order valence-electron chi connectivity index (χ0n) is 17.0. The molecule has 0 aliphatic heterocycles. The number of non-ortho nitro benzene ring substituents is 1. The lowest BCUT2D eigenvalue weighted by Crippen LogP contribution is -2.08. The number of nitro benzene ring substituents is 1. The maximum Gasteiger partial charge on any atom is 0.433 e. The molecule has 4 aromatic rings. The molecule has 0 bridgehead atoms. The molecule has 2 heterocycles. The van der Waals surface area contributed by atoms with Crippen molar-refractivity contribution in [2.24, 2.45) is 0 Å². The molecule has 1 amide bonds. The van der Waals surface area contributed by atoms with Crippen LogP contribution in [-0.2, 0) is 11.0 Å². The van der Waals surface area contributed by atoms with E-state index in [1.807, 2.05) is 0 Å².